The maximum absolute atomic E-state index is 12.8. The van der Waals surface area contributed by atoms with Crippen LogP contribution in [0.1, 0.15) is 18.9 Å². The largest absolute Gasteiger partial charge is 0.468 e. The zero-order chi connectivity index (χ0) is 18.4. The summed E-state index contributed by atoms with van der Waals surface area (Å²) < 4.78 is 4.47. The molecule has 1 unspecified atom stereocenters. The monoisotopic (exact) mass is 365 g/mol. The Hall–Kier alpha value is -2.55. The third-order valence-electron chi connectivity index (χ3n) is 3.81. The first kappa shape index (κ1) is 18.8. The zero-order valence-corrected chi connectivity index (χ0v) is 14.7. The minimum atomic E-state index is -1.20. The molecule has 0 spiro atoms. The van der Waals surface area contributed by atoms with E-state index in [0.29, 0.717) is 17.0 Å². The fourth-order valence-electron chi connectivity index (χ4n) is 2.48. The third kappa shape index (κ3) is 3.93. The number of hydrogen-bond acceptors (Lipinski definition) is 6. The first-order chi connectivity index (χ1) is 11.9. The number of nitrogens with zero attached hydrogens (tertiary/aromatic N) is 1. The maximum Gasteiger partial charge on any atom is 0.344 e. The normalized spacial score (nSPS) is 19.5. The van der Waals surface area contributed by atoms with Gasteiger partial charge in [0, 0.05) is 0 Å². The van der Waals surface area contributed by atoms with E-state index in [1.165, 1.54) is 7.11 Å². The number of esters is 1. The molecule has 1 aromatic carbocycles. The van der Waals surface area contributed by atoms with Gasteiger partial charge in [-0.3, -0.25) is 19.8 Å². The van der Waals surface area contributed by atoms with Gasteiger partial charge in [-0.15, -0.1) is 11.8 Å². The van der Waals surface area contributed by atoms with E-state index in [2.05, 4.69) is 15.5 Å². The molecule has 2 rings (SSSR count). The minimum absolute atomic E-state index is 0.00692. The molecule has 1 aliphatic rings. The summed E-state index contributed by atoms with van der Waals surface area (Å²) in [5.41, 5.74) is 1.73. The Labute approximate surface area is 149 Å². The van der Waals surface area contributed by atoms with Crippen LogP contribution in [0.5, 0.6) is 0 Å². The topological polar surface area (TPSA) is 105 Å². The Balaban J connectivity index is 2.05. The molecule has 0 aliphatic carbocycles. The molecule has 1 aliphatic heterocycles. The van der Waals surface area contributed by atoms with Crippen molar-refractivity contribution in [1.29, 1.82) is 0 Å². The number of thioether (sulfide) groups is 1. The summed E-state index contributed by atoms with van der Waals surface area (Å²) in [6, 6.07) is 8.17. The second-order valence-corrected chi connectivity index (χ2v) is 6.29. The number of nitrogens with one attached hydrogen (secondary N) is 2. The number of benzene rings is 1. The Morgan fingerprint density at radius 3 is 2.52 bits per heavy atom. The van der Waals surface area contributed by atoms with Gasteiger partial charge in [0.15, 0.2) is 0 Å². The van der Waals surface area contributed by atoms with Crippen LogP contribution in [0.3, 0.4) is 0 Å². The number of urea groups is 1. The van der Waals surface area contributed by atoms with E-state index in [9.17, 15) is 19.2 Å². The van der Waals surface area contributed by atoms with E-state index in [4.69, 9.17) is 0 Å². The van der Waals surface area contributed by atoms with E-state index in [0.717, 1.165) is 11.8 Å². The molecule has 0 aromatic heterocycles. The number of imide groups is 1. The molecule has 0 radical (unpaired) electrons. The Morgan fingerprint density at radius 1 is 1.24 bits per heavy atom. The van der Waals surface area contributed by atoms with Crippen LogP contribution in [0.25, 0.3) is 0 Å². The first-order valence-electron chi connectivity index (χ1n) is 7.61. The summed E-state index contributed by atoms with van der Waals surface area (Å²) in [5, 5.41) is 3.36. The van der Waals surface area contributed by atoms with Crippen LogP contribution < -0.4 is 10.7 Å². The van der Waals surface area contributed by atoms with Gasteiger partial charge in [0.2, 0.25) is 5.91 Å². The van der Waals surface area contributed by atoms with Crippen molar-refractivity contribution in [1.82, 2.24) is 15.8 Å². The van der Waals surface area contributed by atoms with Crippen LogP contribution >= 0.6 is 11.8 Å². The molecule has 1 fully saturated rings. The van der Waals surface area contributed by atoms with Crippen molar-refractivity contribution in [3.05, 3.63) is 35.9 Å². The molecule has 1 atom stereocenters. The van der Waals surface area contributed by atoms with E-state index in [-0.39, 0.29) is 11.5 Å². The van der Waals surface area contributed by atoms with Crippen molar-refractivity contribution in [2.45, 2.75) is 18.9 Å². The Kier molecular flexibility index (Phi) is 6.02. The summed E-state index contributed by atoms with van der Waals surface area (Å²) in [5.74, 6) is -1.64. The number of hydrogen-bond donors (Lipinski definition) is 2. The van der Waals surface area contributed by atoms with Crippen LogP contribution in [0, 0.1) is 0 Å². The first-order valence-corrected chi connectivity index (χ1v) is 8.76. The third-order valence-corrected chi connectivity index (χ3v) is 4.71. The molecule has 2 N–H and O–H groups in total. The van der Waals surface area contributed by atoms with Gasteiger partial charge in [0.05, 0.1) is 18.6 Å². The number of carbonyl (C=O) groups excluding carboxylic acids is 4. The number of hydrazine groups is 1. The Morgan fingerprint density at radius 2 is 1.92 bits per heavy atom. The van der Waals surface area contributed by atoms with Crippen molar-refractivity contribution in [2.75, 3.05) is 18.6 Å². The highest BCUT2D eigenvalue weighted by Crippen LogP contribution is 2.31. The van der Waals surface area contributed by atoms with Gasteiger partial charge in [0.1, 0.15) is 5.54 Å². The lowest BCUT2D eigenvalue weighted by Crippen LogP contribution is -2.49. The van der Waals surface area contributed by atoms with Gasteiger partial charge in [-0.25, -0.2) is 4.79 Å². The lowest BCUT2D eigenvalue weighted by molar-refractivity contribution is -0.138. The quantitative estimate of drug-likeness (QED) is 0.547. The molecule has 9 heteroatoms. The predicted octanol–water partition coefficient (Wildman–Crippen LogP) is 0.781. The van der Waals surface area contributed by atoms with Crippen LogP contribution in [0.15, 0.2) is 30.3 Å². The molecular formula is C16H19N3O5S. The molecule has 1 saturated heterocycles. The SMILES string of the molecule is CCC1(c2ccccc2)NC(=O)N(NC(=O)CSCC(=O)OC)C1=O. The van der Waals surface area contributed by atoms with Crippen molar-refractivity contribution in [3.63, 3.8) is 0 Å². The average Bonchev–Trinajstić information content (AvgIpc) is 2.87. The van der Waals surface area contributed by atoms with Gasteiger partial charge in [0.25, 0.3) is 5.91 Å². The number of carbonyl (C=O) groups is 4. The second kappa shape index (κ2) is 8.02. The number of ether oxygens (including phenoxy) is 1. The lowest BCUT2D eigenvalue weighted by Gasteiger charge is -2.25. The molecule has 0 bridgehead atoms. The Bertz CT molecular complexity index is 682. The molecule has 1 aromatic rings. The van der Waals surface area contributed by atoms with Crippen molar-refractivity contribution in [3.8, 4) is 0 Å². The van der Waals surface area contributed by atoms with Crippen molar-refractivity contribution >= 4 is 35.6 Å². The molecule has 134 valence electrons. The second-order valence-electron chi connectivity index (χ2n) is 5.30. The highest BCUT2D eigenvalue weighted by Gasteiger charge is 2.52. The number of amides is 4. The van der Waals surface area contributed by atoms with Crippen molar-refractivity contribution < 1.29 is 23.9 Å². The number of methoxy groups -OCH3 is 1. The molecule has 25 heavy (non-hydrogen) atoms. The van der Waals surface area contributed by atoms with Gasteiger partial charge in [-0.1, -0.05) is 37.3 Å². The summed E-state index contributed by atoms with van der Waals surface area (Å²) in [4.78, 5) is 47.9. The van der Waals surface area contributed by atoms with E-state index in [1.807, 2.05) is 6.07 Å². The summed E-state index contributed by atoms with van der Waals surface area (Å²) >= 11 is 1.03. The number of rotatable bonds is 7. The fraction of sp³-hybridized carbons (Fsp3) is 0.375. The maximum atomic E-state index is 12.8. The summed E-state index contributed by atoms with van der Waals surface area (Å²) in [6.07, 6.45) is 0.338. The molecular weight excluding hydrogens is 346 g/mol. The van der Waals surface area contributed by atoms with E-state index in [1.54, 1.807) is 31.2 Å². The van der Waals surface area contributed by atoms with Crippen LogP contribution in [0.2, 0.25) is 0 Å². The minimum Gasteiger partial charge on any atom is -0.468 e. The highest BCUT2D eigenvalue weighted by atomic mass is 32.2. The van der Waals surface area contributed by atoms with Crippen LogP contribution in [-0.2, 0) is 24.7 Å². The highest BCUT2D eigenvalue weighted by molar-refractivity contribution is 8.00. The van der Waals surface area contributed by atoms with Gasteiger partial charge >= 0.3 is 12.0 Å². The standard InChI is InChI=1S/C16H19N3O5S/c1-3-16(11-7-5-4-6-8-11)14(22)19(15(23)17-16)18-12(20)9-25-10-13(21)24-2/h4-8H,3,9-10H2,1-2H3,(H,17,23)(H,18,20). The van der Waals surface area contributed by atoms with Crippen LogP contribution in [0.4, 0.5) is 4.79 Å². The average molecular weight is 365 g/mol. The van der Waals surface area contributed by atoms with Gasteiger partial charge in [-0.05, 0) is 12.0 Å². The predicted molar refractivity (Wildman–Crippen MR) is 91.3 cm³/mol. The zero-order valence-electron chi connectivity index (χ0n) is 13.9. The molecule has 8 nitrogen and oxygen atoms in total. The molecule has 0 saturated carbocycles. The van der Waals surface area contributed by atoms with Crippen LogP contribution in [-0.4, -0.2) is 47.4 Å². The van der Waals surface area contributed by atoms with Crippen molar-refractivity contribution in [2.24, 2.45) is 0 Å². The fourth-order valence-corrected chi connectivity index (χ4v) is 3.12. The van der Waals surface area contributed by atoms with E-state index >= 15 is 0 Å². The van der Waals surface area contributed by atoms with Gasteiger partial charge < -0.3 is 10.1 Å². The summed E-state index contributed by atoms with van der Waals surface area (Å²) in [7, 11) is 1.25. The van der Waals surface area contributed by atoms with E-state index < -0.39 is 29.4 Å². The lowest BCUT2D eigenvalue weighted by atomic mass is 9.87. The molecule has 1 heterocycles. The summed E-state index contributed by atoms with van der Waals surface area (Å²) in [6.45, 7) is 1.78. The molecule has 4 amide bonds. The smallest absolute Gasteiger partial charge is 0.344 e. The van der Waals surface area contributed by atoms with Gasteiger partial charge in [-0.2, -0.15) is 5.01 Å².